The van der Waals surface area contributed by atoms with Gasteiger partial charge in [0.05, 0.1) is 22.9 Å². The Hall–Kier alpha value is -3.14. The van der Waals surface area contributed by atoms with E-state index in [1.165, 1.54) is 6.07 Å². The molecule has 0 aliphatic heterocycles. The molecule has 0 bridgehead atoms. The van der Waals surface area contributed by atoms with E-state index in [1.54, 1.807) is 25.4 Å². The fourth-order valence-electron chi connectivity index (χ4n) is 5.74. The van der Waals surface area contributed by atoms with Crippen molar-refractivity contribution in [3.05, 3.63) is 82.6 Å². The van der Waals surface area contributed by atoms with Gasteiger partial charge in [0, 0.05) is 18.8 Å². The average Bonchev–Trinajstić information content (AvgIpc) is 2.86. The molecule has 4 atom stereocenters. The van der Waals surface area contributed by atoms with Gasteiger partial charge in [-0.3, -0.25) is 9.78 Å². The lowest BCUT2D eigenvalue weighted by Gasteiger charge is -2.43. The predicted octanol–water partition coefficient (Wildman–Crippen LogP) is 4.98. The van der Waals surface area contributed by atoms with E-state index >= 15 is 8.78 Å². The van der Waals surface area contributed by atoms with Gasteiger partial charge in [0.25, 0.3) is 0 Å². The van der Waals surface area contributed by atoms with Gasteiger partial charge < -0.3 is 15.3 Å². The van der Waals surface area contributed by atoms with Crippen molar-refractivity contribution in [1.82, 2.24) is 9.97 Å². The maximum atomic E-state index is 15.0. The summed E-state index contributed by atoms with van der Waals surface area (Å²) in [4.78, 5) is 21.4. The van der Waals surface area contributed by atoms with Crippen LogP contribution in [0.1, 0.15) is 79.0 Å². The van der Waals surface area contributed by atoms with Gasteiger partial charge in [-0.25, -0.2) is 18.2 Å². The molecule has 2 saturated carbocycles. The minimum absolute atomic E-state index is 0.0907. The summed E-state index contributed by atoms with van der Waals surface area (Å²) in [6, 6.07) is 5.88. The highest BCUT2D eigenvalue weighted by molar-refractivity contribution is 5.96. The number of aromatic nitrogens is 2. The summed E-state index contributed by atoms with van der Waals surface area (Å²) in [7, 11) is 0. The fourth-order valence-corrected chi connectivity index (χ4v) is 5.74. The van der Waals surface area contributed by atoms with Gasteiger partial charge >= 0.3 is 0 Å². The van der Waals surface area contributed by atoms with Crippen molar-refractivity contribution in [1.29, 1.82) is 0 Å². The van der Waals surface area contributed by atoms with Crippen LogP contribution >= 0.6 is 0 Å². The second-order valence-corrected chi connectivity index (χ2v) is 11.2. The number of ketones is 1. The third-order valence-corrected chi connectivity index (χ3v) is 8.68. The predicted molar refractivity (Wildman–Crippen MR) is 137 cm³/mol. The molecule has 2 heterocycles. The van der Waals surface area contributed by atoms with Crippen molar-refractivity contribution in [2.24, 2.45) is 5.92 Å². The Morgan fingerprint density at radius 1 is 1.05 bits per heavy atom. The van der Waals surface area contributed by atoms with Crippen LogP contribution in [-0.2, 0) is 12.0 Å². The second-order valence-electron chi connectivity index (χ2n) is 11.2. The number of nitrogens with zero attached hydrogens (tertiary/aromatic N) is 2. The largest absolute Gasteiger partial charge is 0.390 e. The fraction of sp³-hybridized carbons (Fsp3) is 0.433. The van der Waals surface area contributed by atoms with E-state index in [0.717, 1.165) is 30.2 Å². The maximum Gasteiger partial charge on any atom is 0.185 e. The number of aliphatic hydroxyl groups is 3. The lowest BCUT2D eigenvalue weighted by atomic mass is 9.68. The van der Waals surface area contributed by atoms with Gasteiger partial charge in [-0.05, 0) is 97.9 Å². The van der Waals surface area contributed by atoms with Crippen molar-refractivity contribution in [3.8, 4) is 11.3 Å². The molecule has 0 amide bonds. The summed E-state index contributed by atoms with van der Waals surface area (Å²) in [6.45, 7) is 3.48. The normalized spacial score (nSPS) is 26.2. The average molecular weight is 541 g/mol. The Bertz CT molecular complexity index is 1390. The molecule has 9 heteroatoms. The van der Waals surface area contributed by atoms with Gasteiger partial charge in [-0.1, -0.05) is 6.92 Å². The van der Waals surface area contributed by atoms with Crippen LogP contribution < -0.4 is 0 Å². The summed E-state index contributed by atoms with van der Waals surface area (Å²) >= 11 is 0. The first-order valence-electron chi connectivity index (χ1n) is 13.2. The molecule has 2 aliphatic carbocycles. The molecule has 0 spiro atoms. The Balaban J connectivity index is 1.43. The molecule has 6 nitrogen and oxygen atoms in total. The zero-order valence-corrected chi connectivity index (χ0v) is 21.8. The van der Waals surface area contributed by atoms with E-state index in [0.29, 0.717) is 31.2 Å². The van der Waals surface area contributed by atoms with Crippen LogP contribution in [0.15, 0.2) is 42.7 Å². The summed E-state index contributed by atoms with van der Waals surface area (Å²) in [5.74, 6) is -3.94. The minimum atomic E-state index is -1.30. The molecule has 3 aromatic rings. The van der Waals surface area contributed by atoms with Crippen LogP contribution in [0.25, 0.3) is 11.3 Å². The lowest BCUT2D eigenvalue weighted by Crippen LogP contribution is -2.49. The van der Waals surface area contributed by atoms with Crippen LogP contribution in [0.5, 0.6) is 0 Å². The Labute approximate surface area is 224 Å². The summed E-state index contributed by atoms with van der Waals surface area (Å²) in [5, 5.41) is 31.6. The molecule has 2 aliphatic rings. The molecule has 39 heavy (non-hydrogen) atoms. The lowest BCUT2D eigenvalue weighted by molar-refractivity contribution is -0.123. The monoisotopic (exact) mass is 540 g/mol. The number of benzene rings is 1. The number of halogens is 3. The number of Topliss-reactive ketones (excluding diaryl/α,β-unsaturated/α-hetero) is 1. The molecule has 5 rings (SSSR count). The molecule has 2 fully saturated rings. The number of aliphatic hydroxyl groups excluding tert-OH is 1. The first-order chi connectivity index (χ1) is 18.4. The minimum Gasteiger partial charge on any atom is -0.390 e. The quantitative estimate of drug-likeness (QED) is 0.381. The van der Waals surface area contributed by atoms with E-state index < -0.39 is 51.8 Å². The van der Waals surface area contributed by atoms with Crippen LogP contribution in [-0.4, -0.2) is 42.8 Å². The van der Waals surface area contributed by atoms with Crippen molar-refractivity contribution in [2.45, 2.75) is 75.6 Å². The van der Waals surface area contributed by atoms with Crippen LogP contribution in [0.3, 0.4) is 0 Å². The van der Waals surface area contributed by atoms with Gasteiger partial charge in [0.2, 0.25) is 0 Å². The van der Waals surface area contributed by atoms with E-state index in [-0.39, 0.29) is 29.5 Å². The number of pyridine rings is 2. The standard InChI is InChI=1S/C30H31F3N2O4/c1-16-10-17(12-26(37)29(16,2)38)20-6-9-34-15-18(20)11-25(36)24-5-4-21(31)28(35-24)27-22(32)13-19(14-23(27)33)30(39)7-3-8-30/h4-6,9,13-17,26,37-39H,3,7-8,10-12H2,1-2H3/t16-,17+,26+,29+/m0/s1. The Kier molecular flexibility index (Phi) is 7.11. The molecule has 206 valence electrons. The number of carbonyl (C=O) groups excluding carboxylic acids is 1. The van der Waals surface area contributed by atoms with Gasteiger partial charge in [-0.2, -0.15) is 0 Å². The molecule has 0 saturated heterocycles. The molecular formula is C30H31F3N2O4. The van der Waals surface area contributed by atoms with Gasteiger partial charge in [0.1, 0.15) is 28.8 Å². The topological polar surface area (TPSA) is 104 Å². The van der Waals surface area contributed by atoms with Crippen LogP contribution in [0.2, 0.25) is 0 Å². The first kappa shape index (κ1) is 27.4. The maximum absolute atomic E-state index is 15.0. The Morgan fingerprint density at radius 3 is 2.36 bits per heavy atom. The SMILES string of the molecule is C[C@H]1C[C@@H](c2ccncc2CC(=O)c2ccc(F)c(-c3c(F)cc(C4(O)CCC4)cc3F)n2)C[C@@H](O)[C@]1(C)O. The first-order valence-corrected chi connectivity index (χ1v) is 13.2. The van der Waals surface area contributed by atoms with Gasteiger partial charge in [-0.15, -0.1) is 0 Å². The van der Waals surface area contributed by atoms with Gasteiger partial charge in [0.15, 0.2) is 5.78 Å². The molecule has 3 N–H and O–H groups in total. The van der Waals surface area contributed by atoms with E-state index in [4.69, 9.17) is 0 Å². The third-order valence-electron chi connectivity index (χ3n) is 8.68. The summed E-state index contributed by atoms with van der Waals surface area (Å²) in [6.07, 6.45) is 4.47. The highest BCUT2D eigenvalue weighted by atomic mass is 19.1. The number of hydrogen-bond donors (Lipinski definition) is 3. The molecule has 1 aromatic carbocycles. The van der Waals surface area contributed by atoms with E-state index in [9.17, 15) is 24.5 Å². The van der Waals surface area contributed by atoms with Crippen molar-refractivity contribution in [3.63, 3.8) is 0 Å². The van der Waals surface area contributed by atoms with Crippen LogP contribution in [0, 0.1) is 23.4 Å². The smallest absolute Gasteiger partial charge is 0.185 e. The zero-order valence-electron chi connectivity index (χ0n) is 21.8. The second kappa shape index (κ2) is 10.1. The summed E-state index contributed by atoms with van der Waals surface area (Å²) < 4.78 is 44.8. The van der Waals surface area contributed by atoms with E-state index in [1.807, 2.05) is 6.92 Å². The highest BCUT2D eigenvalue weighted by Gasteiger charge is 2.43. The molecule has 0 unspecified atom stereocenters. The summed E-state index contributed by atoms with van der Waals surface area (Å²) in [5.41, 5.74) is -2.51. The molecule has 0 radical (unpaired) electrons. The number of rotatable bonds is 6. The van der Waals surface area contributed by atoms with Crippen molar-refractivity contribution >= 4 is 5.78 Å². The van der Waals surface area contributed by atoms with E-state index in [2.05, 4.69) is 9.97 Å². The third kappa shape index (κ3) is 4.99. The van der Waals surface area contributed by atoms with Crippen LogP contribution in [0.4, 0.5) is 13.2 Å². The number of carbonyl (C=O) groups is 1. The zero-order chi connectivity index (χ0) is 28.1. The van der Waals surface area contributed by atoms with Crippen molar-refractivity contribution < 1.29 is 33.3 Å². The Morgan fingerprint density at radius 2 is 1.74 bits per heavy atom. The van der Waals surface area contributed by atoms with Crippen molar-refractivity contribution in [2.75, 3.05) is 0 Å². The highest BCUT2D eigenvalue weighted by Crippen LogP contribution is 2.44. The molecule has 2 aromatic heterocycles. The number of hydrogen-bond acceptors (Lipinski definition) is 6. The molecular weight excluding hydrogens is 509 g/mol.